The molecule has 2 heterocycles. The lowest BCUT2D eigenvalue weighted by Gasteiger charge is -2.31. The van der Waals surface area contributed by atoms with Gasteiger partial charge in [0.25, 0.3) is 0 Å². The van der Waals surface area contributed by atoms with Crippen LogP contribution in [-0.2, 0) is 9.59 Å². The maximum atomic E-state index is 12.0. The highest BCUT2D eigenvalue weighted by atomic mass is 16.2. The fourth-order valence-electron chi connectivity index (χ4n) is 2.02. The van der Waals surface area contributed by atoms with Gasteiger partial charge in [0.1, 0.15) is 0 Å². The summed E-state index contributed by atoms with van der Waals surface area (Å²) in [6.07, 6.45) is 1.68. The number of hydrogen-bond donors (Lipinski definition) is 2. The van der Waals surface area contributed by atoms with Crippen LogP contribution in [0.25, 0.3) is 0 Å². The first-order valence-corrected chi connectivity index (χ1v) is 5.85. The third-order valence-electron chi connectivity index (χ3n) is 2.97. The monoisotopic (exact) mass is 251 g/mol. The van der Waals surface area contributed by atoms with E-state index in [0.717, 1.165) is 0 Å². The van der Waals surface area contributed by atoms with Gasteiger partial charge in [-0.25, -0.2) is 0 Å². The summed E-state index contributed by atoms with van der Waals surface area (Å²) in [6.45, 7) is 6.33. The highest BCUT2D eigenvalue weighted by molar-refractivity contribution is 5.96. The number of carbonyl (C=O) groups excluding carboxylic acids is 2. The SMILES string of the molecule is CC(C)(C)N1CC(C(=O)Nc2cn[nH]n2)CC1=O. The van der Waals surface area contributed by atoms with E-state index in [1.54, 1.807) is 4.90 Å². The summed E-state index contributed by atoms with van der Waals surface area (Å²) >= 11 is 0. The average molecular weight is 251 g/mol. The maximum absolute atomic E-state index is 12.0. The number of nitrogens with zero attached hydrogens (tertiary/aromatic N) is 3. The second-order valence-electron chi connectivity index (χ2n) is 5.42. The van der Waals surface area contributed by atoms with Crippen LogP contribution < -0.4 is 5.32 Å². The molecule has 0 bridgehead atoms. The van der Waals surface area contributed by atoms with E-state index < -0.39 is 0 Å². The maximum Gasteiger partial charge on any atom is 0.231 e. The van der Waals surface area contributed by atoms with Gasteiger partial charge in [-0.3, -0.25) is 9.59 Å². The molecule has 1 aliphatic heterocycles. The van der Waals surface area contributed by atoms with Crippen molar-refractivity contribution in [2.24, 2.45) is 5.92 Å². The Morgan fingerprint density at radius 1 is 1.56 bits per heavy atom. The van der Waals surface area contributed by atoms with E-state index >= 15 is 0 Å². The lowest BCUT2D eigenvalue weighted by molar-refractivity contribution is -0.131. The number of amides is 2. The molecular weight excluding hydrogens is 234 g/mol. The summed E-state index contributed by atoms with van der Waals surface area (Å²) in [7, 11) is 0. The van der Waals surface area contributed by atoms with Gasteiger partial charge in [0.2, 0.25) is 11.8 Å². The zero-order valence-corrected chi connectivity index (χ0v) is 10.7. The first-order valence-electron chi connectivity index (χ1n) is 5.85. The van der Waals surface area contributed by atoms with Crippen molar-refractivity contribution < 1.29 is 9.59 Å². The summed E-state index contributed by atoms with van der Waals surface area (Å²) in [5, 5.41) is 12.4. The summed E-state index contributed by atoms with van der Waals surface area (Å²) in [4.78, 5) is 25.5. The minimum atomic E-state index is -0.326. The number of hydrogen-bond acceptors (Lipinski definition) is 4. The first kappa shape index (κ1) is 12.5. The van der Waals surface area contributed by atoms with Crippen LogP contribution in [0.4, 0.5) is 5.82 Å². The number of nitrogens with one attached hydrogen (secondary N) is 2. The summed E-state index contributed by atoms with van der Waals surface area (Å²) < 4.78 is 0. The molecular formula is C11H17N5O2. The highest BCUT2D eigenvalue weighted by Gasteiger charge is 2.39. The smallest absolute Gasteiger partial charge is 0.231 e. The first-order chi connectivity index (χ1) is 8.38. The predicted molar refractivity (Wildman–Crippen MR) is 64.6 cm³/mol. The third-order valence-corrected chi connectivity index (χ3v) is 2.97. The molecule has 1 fully saturated rings. The van der Waals surface area contributed by atoms with E-state index in [4.69, 9.17) is 0 Å². The molecule has 1 aliphatic rings. The molecule has 7 heteroatoms. The van der Waals surface area contributed by atoms with Crippen molar-refractivity contribution in [2.45, 2.75) is 32.7 Å². The number of aromatic amines is 1. The van der Waals surface area contributed by atoms with Crippen molar-refractivity contribution in [3.8, 4) is 0 Å². The van der Waals surface area contributed by atoms with E-state index in [-0.39, 0.29) is 29.7 Å². The van der Waals surface area contributed by atoms with E-state index in [1.165, 1.54) is 6.20 Å². The van der Waals surface area contributed by atoms with Gasteiger partial charge < -0.3 is 10.2 Å². The summed E-state index contributed by atoms with van der Waals surface area (Å²) in [5.74, 6) is -0.123. The number of aromatic nitrogens is 3. The fourth-order valence-corrected chi connectivity index (χ4v) is 2.02. The molecule has 0 aliphatic carbocycles. The Kier molecular flexibility index (Phi) is 3.06. The van der Waals surface area contributed by atoms with Gasteiger partial charge >= 0.3 is 0 Å². The second kappa shape index (κ2) is 4.40. The zero-order valence-electron chi connectivity index (χ0n) is 10.7. The minimum Gasteiger partial charge on any atom is -0.337 e. The number of rotatable bonds is 2. The lowest BCUT2D eigenvalue weighted by atomic mass is 10.1. The van der Waals surface area contributed by atoms with Gasteiger partial charge in [-0.05, 0) is 20.8 Å². The molecule has 1 aromatic heterocycles. The molecule has 2 rings (SSSR count). The molecule has 0 spiro atoms. The zero-order chi connectivity index (χ0) is 13.3. The van der Waals surface area contributed by atoms with Crippen molar-refractivity contribution in [1.29, 1.82) is 0 Å². The van der Waals surface area contributed by atoms with Gasteiger partial charge in [0.15, 0.2) is 5.82 Å². The van der Waals surface area contributed by atoms with Gasteiger partial charge in [-0.2, -0.15) is 10.3 Å². The number of H-pyrrole nitrogens is 1. The van der Waals surface area contributed by atoms with Gasteiger partial charge in [-0.1, -0.05) is 0 Å². The Labute approximate surface area is 105 Å². The minimum absolute atomic E-state index is 0.0165. The molecule has 7 nitrogen and oxygen atoms in total. The van der Waals surface area contributed by atoms with Crippen molar-refractivity contribution in [1.82, 2.24) is 20.3 Å². The van der Waals surface area contributed by atoms with Crippen LogP contribution in [0.2, 0.25) is 0 Å². The van der Waals surface area contributed by atoms with Gasteiger partial charge in [0, 0.05) is 18.5 Å². The number of likely N-dealkylation sites (tertiary alicyclic amines) is 1. The second-order valence-corrected chi connectivity index (χ2v) is 5.42. The molecule has 2 amide bonds. The van der Waals surface area contributed by atoms with Crippen molar-refractivity contribution in [3.63, 3.8) is 0 Å². The van der Waals surface area contributed by atoms with Crippen LogP contribution >= 0.6 is 0 Å². The van der Waals surface area contributed by atoms with Crippen molar-refractivity contribution >= 4 is 17.6 Å². The largest absolute Gasteiger partial charge is 0.337 e. The molecule has 98 valence electrons. The molecule has 18 heavy (non-hydrogen) atoms. The Balaban J connectivity index is 2.00. The van der Waals surface area contributed by atoms with Crippen molar-refractivity contribution in [3.05, 3.63) is 6.20 Å². The summed E-state index contributed by atoms with van der Waals surface area (Å²) in [5.41, 5.74) is -0.250. The Bertz CT molecular complexity index is 448. The van der Waals surface area contributed by atoms with Crippen LogP contribution in [-0.4, -0.2) is 44.2 Å². The van der Waals surface area contributed by atoms with Crippen molar-refractivity contribution in [2.75, 3.05) is 11.9 Å². The topological polar surface area (TPSA) is 91.0 Å². The lowest BCUT2D eigenvalue weighted by Crippen LogP contribution is -2.42. The highest BCUT2D eigenvalue weighted by Crippen LogP contribution is 2.26. The molecule has 2 N–H and O–H groups in total. The summed E-state index contributed by atoms with van der Waals surface area (Å²) in [6, 6.07) is 0. The van der Waals surface area contributed by atoms with E-state index in [9.17, 15) is 9.59 Å². The Hall–Kier alpha value is -1.92. The number of carbonyl (C=O) groups is 2. The van der Waals surface area contributed by atoms with E-state index in [1.807, 2.05) is 20.8 Å². The molecule has 1 saturated heterocycles. The number of anilines is 1. The van der Waals surface area contributed by atoms with Crippen LogP contribution in [0.3, 0.4) is 0 Å². The van der Waals surface area contributed by atoms with Gasteiger partial charge in [0.05, 0.1) is 12.1 Å². The predicted octanol–water partition coefficient (Wildman–Crippen LogP) is 0.390. The Morgan fingerprint density at radius 3 is 2.78 bits per heavy atom. The molecule has 1 aromatic rings. The Morgan fingerprint density at radius 2 is 2.28 bits per heavy atom. The molecule has 1 unspecified atom stereocenters. The molecule has 1 atom stereocenters. The standard InChI is InChI=1S/C11H17N5O2/c1-11(2,3)16-6-7(4-9(16)17)10(18)13-8-5-12-15-14-8/h5,7H,4,6H2,1-3H3,(H2,12,13,14,15,18). The molecule has 0 radical (unpaired) electrons. The van der Waals surface area contributed by atoms with Crippen LogP contribution in [0.5, 0.6) is 0 Å². The third kappa shape index (κ3) is 2.49. The van der Waals surface area contributed by atoms with Crippen LogP contribution in [0, 0.1) is 5.92 Å². The van der Waals surface area contributed by atoms with Crippen LogP contribution in [0.15, 0.2) is 6.20 Å². The van der Waals surface area contributed by atoms with E-state index in [2.05, 4.69) is 20.7 Å². The molecule has 0 aromatic carbocycles. The van der Waals surface area contributed by atoms with E-state index in [0.29, 0.717) is 12.4 Å². The van der Waals surface area contributed by atoms with Crippen LogP contribution in [0.1, 0.15) is 27.2 Å². The average Bonchev–Trinajstić information content (AvgIpc) is 2.85. The molecule has 0 saturated carbocycles. The quantitative estimate of drug-likeness (QED) is 0.795. The normalized spacial score (nSPS) is 20.3. The van der Waals surface area contributed by atoms with Gasteiger partial charge in [-0.15, -0.1) is 5.10 Å². The fraction of sp³-hybridized carbons (Fsp3) is 0.636.